The fourth-order valence-electron chi connectivity index (χ4n) is 2.12. The van der Waals surface area contributed by atoms with Crippen LogP contribution in [0, 0.1) is 5.41 Å². The standard InChI is InChI=1S/C10H22N2/c1-5-10(6-7-11(2)3)8-12(4)9-10/h5-9H2,1-4H3. The van der Waals surface area contributed by atoms with Gasteiger partial charge in [0.15, 0.2) is 0 Å². The molecule has 0 atom stereocenters. The molecular weight excluding hydrogens is 148 g/mol. The van der Waals surface area contributed by atoms with Gasteiger partial charge < -0.3 is 9.80 Å². The number of hydrogen-bond donors (Lipinski definition) is 0. The van der Waals surface area contributed by atoms with Crippen LogP contribution in [-0.2, 0) is 0 Å². The van der Waals surface area contributed by atoms with Crippen molar-refractivity contribution < 1.29 is 0 Å². The molecule has 2 nitrogen and oxygen atoms in total. The van der Waals surface area contributed by atoms with E-state index in [4.69, 9.17) is 0 Å². The van der Waals surface area contributed by atoms with Crippen LogP contribution in [0.2, 0.25) is 0 Å². The van der Waals surface area contributed by atoms with E-state index in [1.807, 2.05) is 0 Å². The van der Waals surface area contributed by atoms with Crippen molar-refractivity contribution in [1.29, 1.82) is 0 Å². The summed E-state index contributed by atoms with van der Waals surface area (Å²) in [5.41, 5.74) is 0.652. The molecule has 1 aliphatic heterocycles. The van der Waals surface area contributed by atoms with Crippen molar-refractivity contribution in [2.45, 2.75) is 19.8 Å². The highest BCUT2D eigenvalue weighted by molar-refractivity contribution is 4.92. The quantitative estimate of drug-likeness (QED) is 0.627. The van der Waals surface area contributed by atoms with Crippen LogP contribution in [0.1, 0.15) is 19.8 Å². The molecule has 0 spiro atoms. The van der Waals surface area contributed by atoms with Gasteiger partial charge in [-0.05, 0) is 45.9 Å². The van der Waals surface area contributed by atoms with E-state index in [9.17, 15) is 0 Å². The van der Waals surface area contributed by atoms with Crippen LogP contribution in [0.5, 0.6) is 0 Å². The lowest BCUT2D eigenvalue weighted by molar-refractivity contribution is 0.00605. The van der Waals surface area contributed by atoms with Crippen molar-refractivity contribution in [1.82, 2.24) is 9.80 Å². The van der Waals surface area contributed by atoms with E-state index < -0.39 is 0 Å². The summed E-state index contributed by atoms with van der Waals surface area (Å²) in [7, 11) is 6.53. The molecule has 0 aliphatic carbocycles. The molecule has 0 bridgehead atoms. The van der Waals surface area contributed by atoms with Crippen LogP contribution in [0.4, 0.5) is 0 Å². The Balaban J connectivity index is 2.27. The Morgan fingerprint density at radius 2 is 1.92 bits per heavy atom. The van der Waals surface area contributed by atoms with E-state index in [-0.39, 0.29) is 0 Å². The molecule has 0 aromatic rings. The van der Waals surface area contributed by atoms with E-state index in [2.05, 4.69) is 37.9 Å². The van der Waals surface area contributed by atoms with Crippen molar-refractivity contribution in [3.8, 4) is 0 Å². The molecule has 0 N–H and O–H groups in total. The predicted octanol–water partition coefficient (Wildman–Crippen LogP) is 1.28. The maximum absolute atomic E-state index is 2.42. The van der Waals surface area contributed by atoms with Crippen molar-refractivity contribution in [3.63, 3.8) is 0 Å². The molecule has 0 unspecified atom stereocenters. The van der Waals surface area contributed by atoms with Crippen molar-refractivity contribution >= 4 is 0 Å². The summed E-state index contributed by atoms with van der Waals surface area (Å²) in [6.45, 7) is 6.17. The van der Waals surface area contributed by atoms with Gasteiger partial charge in [0.25, 0.3) is 0 Å². The molecule has 1 fully saturated rings. The third kappa shape index (κ3) is 2.20. The second-order valence-corrected chi connectivity index (χ2v) is 4.58. The van der Waals surface area contributed by atoms with Crippen molar-refractivity contribution in [2.24, 2.45) is 5.41 Å². The van der Waals surface area contributed by atoms with Crippen LogP contribution < -0.4 is 0 Å². The molecule has 72 valence electrons. The minimum Gasteiger partial charge on any atom is -0.309 e. The van der Waals surface area contributed by atoms with Gasteiger partial charge in [-0.1, -0.05) is 6.92 Å². The zero-order chi connectivity index (χ0) is 9.19. The smallest absolute Gasteiger partial charge is 0.00478 e. The lowest BCUT2D eigenvalue weighted by atomic mass is 9.75. The summed E-state index contributed by atoms with van der Waals surface area (Å²) in [4.78, 5) is 4.70. The highest BCUT2D eigenvalue weighted by Crippen LogP contribution is 2.35. The summed E-state index contributed by atoms with van der Waals surface area (Å²) in [5.74, 6) is 0. The molecule has 0 radical (unpaired) electrons. The van der Waals surface area contributed by atoms with Gasteiger partial charge in [-0.25, -0.2) is 0 Å². The highest BCUT2D eigenvalue weighted by atomic mass is 15.2. The monoisotopic (exact) mass is 170 g/mol. The lowest BCUT2D eigenvalue weighted by Gasteiger charge is -2.49. The molecule has 0 saturated carbocycles. The highest BCUT2D eigenvalue weighted by Gasteiger charge is 2.38. The fourth-order valence-corrected chi connectivity index (χ4v) is 2.12. The fraction of sp³-hybridized carbons (Fsp3) is 1.00. The number of hydrogen-bond acceptors (Lipinski definition) is 2. The van der Waals surface area contributed by atoms with Gasteiger partial charge in [0.2, 0.25) is 0 Å². The Labute approximate surface area is 76.5 Å². The van der Waals surface area contributed by atoms with E-state index in [0.29, 0.717) is 5.41 Å². The van der Waals surface area contributed by atoms with Gasteiger partial charge >= 0.3 is 0 Å². The Hall–Kier alpha value is -0.0800. The first-order valence-corrected chi connectivity index (χ1v) is 4.91. The summed E-state index contributed by atoms with van der Waals surface area (Å²) < 4.78 is 0. The maximum Gasteiger partial charge on any atom is 0.00478 e. The van der Waals surface area contributed by atoms with Gasteiger partial charge in [-0.3, -0.25) is 0 Å². The molecule has 1 aliphatic rings. The van der Waals surface area contributed by atoms with Gasteiger partial charge in [-0.2, -0.15) is 0 Å². The van der Waals surface area contributed by atoms with Crippen LogP contribution in [0.3, 0.4) is 0 Å². The Kier molecular flexibility index (Phi) is 3.13. The third-order valence-corrected chi connectivity index (χ3v) is 3.05. The van der Waals surface area contributed by atoms with Crippen LogP contribution in [0.25, 0.3) is 0 Å². The van der Waals surface area contributed by atoms with E-state index in [1.165, 1.54) is 32.5 Å². The Morgan fingerprint density at radius 1 is 1.33 bits per heavy atom. The van der Waals surface area contributed by atoms with E-state index >= 15 is 0 Å². The predicted molar refractivity (Wildman–Crippen MR) is 53.4 cm³/mol. The zero-order valence-corrected chi connectivity index (χ0v) is 8.93. The first kappa shape index (κ1) is 10.0. The van der Waals surface area contributed by atoms with Crippen LogP contribution in [-0.4, -0.2) is 50.6 Å². The number of rotatable bonds is 4. The van der Waals surface area contributed by atoms with E-state index in [1.54, 1.807) is 0 Å². The first-order valence-electron chi connectivity index (χ1n) is 4.91. The molecule has 0 aromatic heterocycles. The van der Waals surface area contributed by atoms with Crippen LogP contribution in [0.15, 0.2) is 0 Å². The number of nitrogens with zero attached hydrogens (tertiary/aromatic N) is 2. The molecule has 1 heterocycles. The Morgan fingerprint density at radius 3 is 2.25 bits per heavy atom. The number of likely N-dealkylation sites (tertiary alicyclic amines) is 1. The molecule has 0 aromatic carbocycles. The summed E-state index contributed by atoms with van der Waals surface area (Å²) in [6.07, 6.45) is 2.70. The Bertz CT molecular complexity index is 137. The first-order chi connectivity index (χ1) is 5.58. The largest absolute Gasteiger partial charge is 0.309 e. The van der Waals surface area contributed by atoms with Crippen molar-refractivity contribution in [2.75, 3.05) is 40.8 Å². The molecule has 1 rings (SSSR count). The third-order valence-electron chi connectivity index (χ3n) is 3.05. The molecule has 2 heteroatoms. The van der Waals surface area contributed by atoms with Gasteiger partial charge in [0.1, 0.15) is 0 Å². The average Bonchev–Trinajstić information content (AvgIpc) is 1.95. The van der Waals surface area contributed by atoms with E-state index in [0.717, 1.165) is 0 Å². The van der Waals surface area contributed by atoms with Crippen molar-refractivity contribution in [3.05, 3.63) is 0 Å². The second kappa shape index (κ2) is 3.75. The summed E-state index contributed by atoms with van der Waals surface area (Å²) >= 11 is 0. The summed E-state index contributed by atoms with van der Waals surface area (Å²) in [5, 5.41) is 0. The summed E-state index contributed by atoms with van der Waals surface area (Å²) in [6, 6.07) is 0. The molecular formula is C10H22N2. The molecule has 12 heavy (non-hydrogen) atoms. The molecule has 1 saturated heterocycles. The maximum atomic E-state index is 2.42. The topological polar surface area (TPSA) is 6.48 Å². The SMILES string of the molecule is CCC1(CCN(C)C)CN(C)C1. The van der Waals surface area contributed by atoms with Gasteiger partial charge in [0.05, 0.1) is 0 Å². The van der Waals surface area contributed by atoms with Gasteiger partial charge in [0, 0.05) is 13.1 Å². The lowest BCUT2D eigenvalue weighted by Crippen LogP contribution is -2.54. The zero-order valence-electron chi connectivity index (χ0n) is 8.93. The van der Waals surface area contributed by atoms with Crippen LogP contribution >= 0.6 is 0 Å². The normalized spacial score (nSPS) is 22.8. The minimum absolute atomic E-state index is 0.652. The second-order valence-electron chi connectivity index (χ2n) is 4.58. The van der Waals surface area contributed by atoms with Gasteiger partial charge in [-0.15, -0.1) is 0 Å². The average molecular weight is 170 g/mol. The molecule has 0 amide bonds. The minimum atomic E-state index is 0.652.